The lowest BCUT2D eigenvalue weighted by Crippen LogP contribution is -1.90. The minimum absolute atomic E-state index is 0.633. The SMILES string of the molecule is S=c1cc(-c2cccc3c2OCC3)cn[nH]1. The van der Waals surface area contributed by atoms with E-state index in [1.807, 2.05) is 18.2 Å². The van der Waals surface area contributed by atoms with Gasteiger partial charge in [0.1, 0.15) is 10.4 Å². The van der Waals surface area contributed by atoms with Crippen molar-refractivity contribution < 1.29 is 4.74 Å². The summed E-state index contributed by atoms with van der Waals surface area (Å²) < 4.78 is 6.28. The van der Waals surface area contributed by atoms with Crippen LogP contribution >= 0.6 is 12.2 Å². The lowest BCUT2D eigenvalue weighted by atomic mass is 10.0. The molecule has 0 unspecified atom stereocenters. The average Bonchev–Trinajstić information content (AvgIpc) is 2.76. The molecule has 16 heavy (non-hydrogen) atoms. The lowest BCUT2D eigenvalue weighted by molar-refractivity contribution is 0.358. The fourth-order valence-electron chi connectivity index (χ4n) is 1.97. The summed E-state index contributed by atoms with van der Waals surface area (Å²) in [7, 11) is 0. The maximum atomic E-state index is 5.65. The van der Waals surface area contributed by atoms with E-state index in [1.54, 1.807) is 6.20 Å². The Labute approximate surface area is 98.1 Å². The van der Waals surface area contributed by atoms with Crippen LogP contribution < -0.4 is 4.74 Å². The molecule has 0 amide bonds. The van der Waals surface area contributed by atoms with Crippen molar-refractivity contribution in [2.45, 2.75) is 6.42 Å². The predicted molar refractivity (Wildman–Crippen MR) is 64.1 cm³/mol. The van der Waals surface area contributed by atoms with Gasteiger partial charge in [0.2, 0.25) is 0 Å². The van der Waals surface area contributed by atoms with Crippen molar-refractivity contribution >= 4 is 12.2 Å². The summed E-state index contributed by atoms with van der Waals surface area (Å²) in [6.07, 6.45) is 2.75. The summed E-state index contributed by atoms with van der Waals surface area (Å²) in [5.41, 5.74) is 3.33. The molecule has 0 radical (unpaired) electrons. The highest BCUT2D eigenvalue weighted by atomic mass is 32.1. The molecular weight excluding hydrogens is 220 g/mol. The molecule has 1 aliphatic rings. The molecule has 1 aliphatic heterocycles. The topological polar surface area (TPSA) is 37.9 Å². The first-order valence-electron chi connectivity index (χ1n) is 5.14. The van der Waals surface area contributed by atoms with Gasteiger partial charge in [-0.15, -0.1) is 0 Å². The lowest BCUT2D eigenvalue weighted by Gasteiger charge is -2.07. The molecule has 0 spiro atoms. The number of hydrogen-bond donors (Lipinski definition) is 1. The number of aromatic amines is 1. The number of H-pyrrole nitrogens is 1. The Balaban J connectivity index is 2.21. The van der Waals surface area contributed by atoms with Crippen LogP contribution in [0.2, 0.25) is 0 Å². The van der Waals surface area contributed by atoms with E-state index >= 15 is 0 Å². The molecule has 3 nitrogen and oxygen atoms in total. The maximum Gasteiger partial charge on any atom is 0.130 e. The predicted octanol–water partition coefficient (Wildman–Crippen LogP) is 2.74. The zero-order valence-corrected chi connectivity index (χ0v) is 9.38. The summed E-state index contributed by atoms with van der Waals surface area (Å²) in [5, 5.41) is 6.73. The van der Waals surface area contributed by atoms with Crippen molar-refractivity contribution in [3.05, 3.63) is 40.7 Å². The van der Waals surface area contributed by atoms with E-state index in [2.05, 4.69) is 16.3 Å². The standard InChI is InChI=1S/C12H10N2OS/c16-11-6-9(7-13-14-11)10-3-1-2-8-4-5-15-12(8)10/h1-3,6-7H,4-5H2,(H,14,16). The second-order valence-corrected chi connectivity index (χ2v) is 4.17. The van der Waals surface area contributed by atoms with Gasteiger partial charge in [-0.2, -0.15) is 5.10 Å². The monoisotopic (exact) mass is 230 g/mol. The van der Waals surface area contributed by atoms with Crippen LogP contribution in [0.1, 0.15) is 5.56 Å². The third-order valence-corrected chi connectivity index (χ3v) is 2.90. The summed E-state index contributed by atoms with van der Waals surface area (Å²) in [6, 6.07) is 8.08. The second-order valence-electron chi connectivity index (χ2n) is 3.73. The van der Waals surface area contributed by atoms with Crippen LogP contribution in [0, 0.1) is 4.64 Å². The van der Waals surface area contributed by atoms with Gasteiger partial charge in [0, 0.05) is 17.5 Å². The number of hydrogen-bond acceptors (Lipinski definition) is 3. The largest absolute Gasteiger partial charge is 0.492 e. The maximum absolute atomic E-state index is 5.65. The van der Waals surface area contributed by atoms with Crippen LogP contribution in [0.5, 0.6) is 5.75 Å². The molecule has 0 saturated heterocycles. The number of fused-ring (bicyclic) bond motifs is 1. The van der Waals surface area contributed by atoms with Gasteiger partial charge in [0.25, 0.3) is 0 Å². The van der Waals surface area contributed by atoms with Crippen molar-refractivity contribution in [3.63, 3.8) is 0 Å². The van der Waals surface area contributed by atoms with E-state index < -0.39 is 0 Å². The van der Waals surface area contributed by atoms with Crippen LogP contribution in [0.15, 0.2) is 30.5 Å². The van der Waals surface area contributed by atoms with E-state index in [0.29, 0.717) is 4.64 Å². The second kappa shape index (κ2) is 3.72. The van der Waals surface area contributed by atoms with Gasteiger partial charge in [-0.25, -0.2) is 0 Å². The molecule has 0 fully saturated rings. The third kappa shape index (κ3) is 1.51. The highest BCUT2D eigenvalue weighted by molar-refractivity contribution is 7.71. The van der Waals surface area contributed by atoms with Crippen LogP contribution in [0.4, 0.5) is 0 Å². The number of para-hydroxylation sites is 1. The highest BCUT2D eigenvalue weighted by Gasteiger charge is 2.16. The molecule has 0 bridgehead atoms. The molecule has 0 atom stereocenters. The van der Waals surface area contributed by atoms with Crippen molar-refractivity contribution in [3.8, 4) is 16.9 Å². The number of ether oxygens (including phenoxy) is 1. The van der Waals surface area contributed by atoms with Gasteiger partial charge in [-0.3, -0.25) is 5.10 Å². The van der Waals surface area contributed by atoms with Crippen LogP contribution in [-0.2, 0) is 6.42 Å². The Bertz CT molecular complexity index is 592. The molecule has 1 aromatic heterocycles. The first kappa shape index (κ1) is 9.54. The van der Waals surface area contributed by atoms with Crippen LogP contribution in [0.25, 0.3) is 11.1 Å². The Morgan fingerprint density at radius 3 is 3.19 bits per heavy atom. The molecule has 2 aromatic rings. The first-order valence-corrected chi connectivity index (χ1v) is 5.55. The number of benzene rings is 1. The third-order valence-electron chi connectivity index (χ3n) is 2.69. The summed E-state index contributed by atoms with van der Waals surface area (Å²) >= 11 is 5.07. The zero-order chi connectivity index (χ0) is 11.0. The fraction of sp³-hybridized carbons (Fsp3) is 0.167. The van der Waals surface area contributed by atoms with Gasteiger partial charge < -0.3 is 4.74 Å². The molecule has 4 heteroatoms. The number of rotatable bonds is 1. The molecule has 1 N–H and O–H groups in total. The molecule has 0 saturated carbocycles. The normalized spacial score (nSPS) is 13.2. The van der Waals surface area contributed by atoms with E-state index in [-0.39, 0.29) is 0 Å². The molecular formula is C12H10N2OS. The number of nitrogens with one attached hydrogen (secondary N) is 1. The quantitative estimate of drug-likeness (QED) is 0.765. The minimum Gasteiger partial charge on any atom is -0.492 e. The molecule has 0 aliphatic carbocycles. The van der Waals surface area contributed by atoms with Crippen molar-refractivity contribution in [2.75, 3.05) is 6.61 Å². The van der Waals surface area contributed by atoms with Gasteiger partial charge in [-0.05, 0) is 11.6 Å². The van der Waals surface area contributed by atoms with Gasteiger partial charge in [-0.1, -0.05) is 30.4 Å². The van der Waals surface area contributed by atoms with Crippen LogP contribution in [0.3, 0.4) is 0 Å². The molecule has 3 rings (SSSR count). The summed E-state index contributed by atoms with van der Waals surface area (Å²) in [4.78, 5) is 0. The summed E-state index contributed by atoms with van der Waals surface area (Å²) in [5.74, 6) is 0.977. The Morgan fingerprint density at radius 1 is 1.38 bits per heavy atom. The van der Waals surface area contributed by atoms with Crippen molar-refractivity contribution in [2.24, 2.45) is 0 Å². The number of nitrogens with zero attached hydrogens (tertiary/aromatic N) is 1. The smallest absolute Gasteiger partial charge is 0.130 e. The number of aromatic nitrogens is 2. The Morgan fingerprint density at radius 2 is 2.31 bits per heavy atom. The van der Waals surface area contributed by atoms with Crippen LogP contribution in [-0.4, -0.2) is 16.8 Å². The van der Waals surface area contributed by atoms with E-state index in [4.69, 9.17) is 17.0 Å². The van der Waals surface area contributed by atoms with Gasteiger partial charge >= 0.3 is 0 Å². The molecule has 2 heterocycles. The first-order chi connectivity index (χ1) is 7.84. The molecule has 80 valence electrons. The van der Waals surface area contributed by atoms with E-state index in [0.717, 1.165) is 29.9 Å². The minimum atomic E-state index is 0.633. The van der Waals surface area contributed by atoms with Gasteiger partial charge in [0.05, 0.1) is 12.8 Å². The zero-order valence-electron chi connectivity index (χ0n) is 8.56. The molecule has 1 aromatic carbocycles. The van der Waals surface area contributed by atoms with E-state index in [9.17, 15) is 0 Å². The highest BCUT2D eigenvalue weighted by Crippen LogP contribution is 2.36. The van der Waals surface area contributed by atoms with E-state index in [1.165, 1.54) is 5.56 Å². The Kier molecular flexibility index (Phi) is 2.22. The van der Waals surface area contributed by atoms with Gasteiger partial charge in [0.15, 0.2) is 0 Å². The van der Waals surface area contributed by atoms with Crippen molar-refractivity contribution in [1.29, 1.82) is 0 Å². The Hall–Kier alpha value is -1.68. The fourth-order valence-corrected chi connectivity index (χ4v) is 2.15. The summed E-state index contributed by atoms with van der Waals surface area (Å²) in [6.45, 7) is 0.763. The van der Waals surface area contributed by atoms with Crippen molar-refractivity contribution in [1.82, 2.24) is 10.2 Å². The average molecular weight is 230 g/mol.